The van der Waals surface area contributed by atoms with Gasteiger partial charge in [-0.2, -0.15) is 0 Å². The lowest BCUT2D eigenvalue weighted by atomic mass is 10.1. The SMILES string of the molecule is O=C(N[C@@H]1CCC[C@H](O)CC1)OCc1ccccc1. The van der Waals surface area contributed by atoms with E-state index in [1.807, 2.05) is 30.3 Å². The lowest BCUT2D eigenvalue weighted by Gasteiger charge is -2.16. The fourth-order valence-corrected chi connectivity index (χ4v) is 2.36. The highest BCUT2D eigenvalue weighted by Gasteiger charge is 2.19. The Morgan fingerprint density at radius 2 is 2.00 bits per heavy atom. The normalized spacial score (nSPS) is 23.4. The summed E-state index contributed by atoms with van der Waals surface area (Å²) in [5.41, 5.74) is 0.980. The van der Waals surface area contributed by atoms with E-state index in [1.165, 1.54) is 0 Å². The first-order valence-corrected chi connectivity index (χ1v) is 6.89. The van der Waals surface area contributed by atoms with Crippen LogP contribution in [-0.2, 0) is 11.3 Å². The van der Waals surface area contributed by atoms with E-state index in [-0.39, 0.29) is 18.2 Å². The number of carbonyl (C=O) groups excluding carboxylic acids is 1. The predicted molar refractivity (Wildman–Crippen MR) is 72.6 cm³/mol. The minimum atomic E-state index is -0.370. The summed E-state index contributed by atoms with van der Waals surface area (Å²) < 4.78 is 5.19. The van der Waals surface area contributed by atoms with Crippen molar-refractivity contribution >= 4 is 6.09 Å². The van der Waals surface area contributed by atoms with Gasteiger partial charge in [-0.05, 0) is 37.7 Å². The summed E-state index contributed by atoms with van der Waals surface area (Å²) in [4.78, 5) is 11.7. The summed E-state index contributed by atoms with van der Waals surface area (Å²) >= 11 is 0. The van der Waals surface area contributed by atoms with Crippen molar-refractivity contribution in [2.75, 3.05) is 0 Å². The van der Waals surface area contributed by atoms with Crippen molar-refractivity contribution in [3.8, 4) is 0 Å². The van der Waals surface area contributed by atoms with Crippen molar-refractivity contribution in [3.63, 3.8) is 0 Å². The molecule has 2 atom stereocenters. The highest BCUT2D eigenvalue weighted by atomic mass is 16.5. The lowest BCUT2D eigenvalue weighted by Crippen LogP contribution is -2.34. The van der Waals surface area contributed by atoms with Gasteiger partial charge in [-0.25, -0.2) is 4.79 Å². The average molecular weight is 263 g/mol. The molecular formula is C15H21NO3. The number of rotatable bonds is 3. The fourth-order valence-electron chi connectivity index (χ4n) is 2.36. The molecule has 0 radical (unpaired) electrons. The summed E-state index contributed by atoms with van der Waals surface area (Å²) in [5, 5.41) is 12.4. The Labute approximate surface area is 113 Å². The minimum Gasteiger partial charge on any atom is -0.445 e. The van der Waals surface area contributed by atoms with Crippen LogP contribution in [0, 0.1) is 0 Å². The molecule has 2 N–H and O–H groups in total. The molecule has 0 heterocycles. The number of alkyl carbamates (subject to hydrolysis) is 1. The van der Waals surface area contributed by atoms with Gasteiger partial charge in [0.2, 0.25) is 0 Å². The third-order valence-electron chi connectivity index (χ3n) is 3.47. The van der Waals surface area contributed by atoms with Crippen molar-refractivity contribution in [1.29, 1.82) is 0 Å². The number of nitrogens with one attached hydrogen (secondary N) is 1. The van der Waals surface area contributed by atoms with E-state index in [2.05, 4.69) is 5.32 Å². The summed E-state index contributed by atoms with van der Waals surface area (Å²) in [5.74, 6) is 0. The van der Waals surface area contributed by atoms with Gasteiger partial charge in [0.15, 0.2) is 0 Å². The van der Waals surface area contributed by atoms with Crippen LogP contribution in [0.15, 0.2) is 30.3 Å². The van der Waals surface area contributed by atoms with Gasteiger partial charge in [0, 0.05) is 6.04 Å². The van der Waals surface area contributed by atoms with Crippen molar-refractivity contribution in [2.45, 2.75) is 50.9 Å². The van der Waals surface area contributed by atoms with Crippen LogP contribution < -0.4 is 5.32 Å². The molecule has 4 nitrogen and oxygen atoms in total. The molecule has 0 unspecified atom stereocenters. The van der Waals surface area contributed by atoms with Crippen molar-refractivity contribution in [2.24, 2.45) is 0 Å². The maximum absolute atomic E-state index is 11.7. The molecule has 1 aromatic rings. The van der Waals surface area contributed by atoms with E-state index in [9.17, 15) is 9.90 Å². The maximum Gasteiger partial charge on any atom is 0.407 e. The minimum absolute atomic E-state index is 0.125. The van der Waals surface area contributed by atoms with Crippen LogP contribution in [0.2, 0.25) is 0 Å². The highest BCUT2D eigenvalue weighted by Crippen LogP contribution is 2.18. The molecule has 1 saturated carbocycles. The molecule has 1 amide bonds. The van der Waals surface area contributed by atoms with Crippen LogP contribution >= 0.6 is 0 Å². The number of aliphatic hydroxyl groups is 1. The van der Waals surface area contributed by atoms with Gasteiger partial charge in [-0.15, -0.1) is 0 Å². The number of carbonyl (C=O) groups is 1. The summed E-state index contributed by atoms with van der Waals surface area (Å²) in [6, 6.07) is 9.75. The van der Waals surface area contributed by atoms with Crippen molar-refractivity contribution < 1.29 is 14.6 Å². The first-order chi connectivity index (χ1) is 9.24. The van der Waals surface area contributed by atoms with E-state index in [0.29, 0.717) is 6.61 Å². The second-order valence-electron chi connectivity index (χ2n) is 5.07. The Morgan fingerprint density at radius 1 is 1.21 bits per heavy atom. The van der Waals surface area contributed by atoms with E-state index in [4.69, 9.17) is 4.74 Å². The van der Waals surface area contributed by atoms with Crippen molar-refractivity contribution in [1.82, 2.24) is 5.32 Å². The van der Waals surface area contributed by atoms with E-state index >= 15 is 0 Å². The zero-order valence-electron chi connectivity index (χ0n) is 11.0. The molecule has 1 aliphatic rings. The maximum atomic E-state index is 11.7. The number of hydrogen-bond donors (Lipinski definition) is 2. The number of aliphatic hydroxyl groups excluding tert-OH is 1. The monoisotopic (exact) mass is 263 g/mol. The fraction of sp³-hybridized carbons (Fsp3) is 0.533. The van der Waals surface area contributed by atoms with Gasteiger partial charge in [-0.3, -0.25) is 0 Å². The summed E-state index contributed by atoms with van der Waals surface area (Å²) in [6.07, 6.45) is 3.68. The van der Waals surface area contributed by atoms with E-state index in [0.717, 1.165) is 37.7 Å². The lowest BCUT2D eigenvalue weighted by molar-refractivity contribution is 0.133. The quantitative estimate of drug-likeness (QED) is 0.824. The number of amides is 1. The number of ether oxygens (including phenoxy) is 1. The van der Waals surface area contributed by atoms with Crippen LogP contribution in [0.4, 0.5) is 4.79 Å². The smallest absolute Gasteiger partial charge is 0.407 e. The molecule has 0 aromatic heterocycles. The van der Waals surface area contributed by atoms with Crippen LogP contribution in [0.1, 0.15) is 37.7 Å². The number of benzene rings is 1. The highest BCUT2D eigenvalue weighted by molar-refractivity contribution is 5.67. The standard InChI is InChI=1S/C15H21NO3/c17-14-8-4-7-13(9-10-14)16-15(18)19-11-12-5-2-1-3-6-12/h1-3,5-6,13-14,17H,4,7-11H2,(H,16,18)/t13-,14+/m1/s1. The molecule has 0 bridgehead atoms. The van der Waals surface area contributed by atoms with E-state index in [1.54, 1.807) is 0 Å². The van der Waals surface area contributed by atoms with E-state index < -0.39 is 0 Å². The molecule has 2 rings (SSSR count). The van der Waals surface area contributed by atoms with Gasteiger partial charge in [-0.1, -0.05) is 30.3 Å². The van der Waals surface area contributed by atoms with Crippen LogP contribution in [-0.4, -0.2) is 23.3 Å². The van der Waals surface area contributed by atoms with Gasteiger partial charge in [0.05, 0.1) is 6.10 Å². The van der Waals surface area contributed by atoms with Gasteiger partial charge in [0.25, 0.3) is 0 Å². The Bertz CT molecular complexity index is 394. The molecule has 104 valence electrons. The molecule has 1 aliphatic carbocycles. The molecule has 1 aromatic carbocycles. The van der Waals surface area contributed by atoms with Crippen LogP contribution in [0.5, 0.6) is 0 Å². The Morgan fingerprint density at radius 3 is 2.79 bits per heavy atom. The Hall–Kier alpha value is -1.55. The molecule has 19 heavy (non-hydrogen) atoms. The third-order valence-corrected chi connectivity index (χ3v) is 3.47. The van der Waals surface area contributed by atoms with Crippen LogP contribution in [0.3, 0.4) is 0 Å². The van der Waals surface area contributed by atoms with Crippen LogP contribution in [0.25, 0.3) is 0 Å². The van der Waals surface area contributed by atoms with Gasteiger partial charge < -0.3 is 15.2 Å². The summed E-state index contributed by atoms with van der Waals surface area (Å²) in [7, 11) is 0. The molecule has 1 fully saturated rings. The molecule has 0 aliphatic heterocycles. The zero-order chi connectivity index (χ0) is 13.5. The molecular weight excluding hydrogens is 242 g/mol. The van der Waals surface area contributed by atoms with Gasteiger partial charge >= 0.3 is 6.09 Å². The molecule has 0 spiro atoms. The predicted octanol–water partition coefficient (Wildman–Crippen LogP) is 2.61. The Balaban J connectivity index is 1.72. The largest absolute Gasteiger partial charge is 0.445 e. The second-order valence-corrected chi connectivity index (χ2v) is 5.07. The summed E-state index contributed by atoms with van der Waals surface area (Å²) in [6.45, 7) is 0.294. The molecule has 4 heteroatoms. The first-order valence-electron chi connectivity index (χ1n) is 6.89. The second kappa shape index (κ2) is 7.14. The zero-order valence-corrected chi connectivity index (χ0v) is 11.0. The van der Waals surface area contributed by atoms with Crippen molar-refractivity contribution in [3.05, 3.63) is 35.9 Å². The van der Waals surface area contributed by atoms with Gasteiger partial charge in [0.1, 0.15) is 6.61 Å². The first kappa shape index (κ1) is 13.9. The number of hydrogen-bond acceptors (Lipinski definition) is 3. The third kappa shape index (κ3) is 4.91. The molecule has 0 saturated heterocycles. The average Bonchev–Trinajstić information content (AvgIpc) is 2.63. The topological polar surface area (TPSA) is 58.6 Å². The Kier molecular flexibility index (Phi) is 5.21.